The predicted molar refractivity (Wildman–Crippen MR) is 107 cm³/mol. The van der Waals surface area contributed by atoms with E-state index in [4.69, 9.17) is 11.6 Å². The number of nitrogens with one attached hydrogen (secondary N) is 2. The van der Waals surface area contributed by atoms with Crippen LogP contribution in [0.2, 0.25) is 0 Å². The minimum atomic E-state index is -0.377. The van der Waals surface area contributed by atoms with Gasteiger partial charge in [-0.05, 0) is 18.6 Å². The molecule has 6 nitrogen and oxygen atoms in total. The molecule has 2 aromatic carbocycles. The van der Waals surface area contributed by atoms with Gasteiger partial charge in [-0.15, -0.1) is 11.6 Å². The summed E-state index contributed by atoms with van der Waals surface area (Å²) in [6, 6.07) is 9.49. The van der Waals surface area contributed by atoms with Gasteiger partial charge in [0.05, 0.1) is 22.5 Å². The molecule has 0 saturated carbocycles. The maximum absolute atomic E-state index is 13.1. The minimum absolute atomic E-state index is 0.0948. The highest BCUT2D eigenvalue weighted by atomic mass is 35.5. The fourth-order valence-electron chi connectivity index (χ4n) is 3.19. The lowest BCUT2D eigenvalue weighted by Gasteiger charge is -2.22. The number of anilines is 2. The van der Waals surface area contributed by atoms with Gasteiger partial charge >= 0.3 is 0 Å². The van der Waals surface area contributed by atoms with Crippen LogP contribution in [0.5, 0.6) is 0 Å². The van der Waals surface area contributed by atoms with Crippen molar-refractivity contribution in [3.05, 3.63) is 58.7 Å². The Bertz CT molecular complexity index is 905. The molecule has 0 heterocycles. The first-order chi connectivity index (χ1) is 13.5. The van der Waals surface area contributed by atoms with Gasteiger partial charge in [0.15, 0.2) is 11.6 Å². The molecule has 0 radical (unpaired) electrons. The maximum atomic E-state index is 13.1. The van der Waals surface area contributed by atoms with E-state index in [1.54, 1.807) is 36.4 Å². The van der Waals surface area contributed by atoms with E-state index in [9.17, 15) is 19.2 Å². The first-order valence-corrected chi connectivity index (χ1v) is 9.52. The van der Waals surface area contributed by atoms with Crippen molar-refractivity contribution in [2.75, 3.05) is 16.5 Å². The zero-order valence-electron chi connectivity index (χ0n) is 15.3. The number of hydrogen-bond acceptors (Lipinski definition) is 4. The summed E-state index contributed by atoms with van der Waals surface area (Å²) in [6.45, 7) is 1.88. The highest BCUT2D eigenvalue weighted by molar-refractivity contribution is 6.32. The van der Waals surface area contributed by atoms with Crippen LogP contribution >= 0.6 is 11.6 Å². The molecule has 144 valence electrons. The molecular weight excluding hydrogens is 380 g/mol. The number of halogens is 1. The Hall–Kier alpha value is -2.99. The number of benzene rings is 2. The van der Waals surface area contributed by atoms with Crippen molar-refractivity contribution in [1.29, 1.82) is 0 Å². The molecule has 3 rings (SSSR count). The van der Waals surface area contributed by atoms with E-state index in [1.165, 1.54) is 0 Å². The largest absolute Gasteiger partial charge is 0.325 e. The van der Waals surface area contributed by atoms with Gasteiger partial charge in [-0.3, -0.25) is 19.2 Å². The normalized spacial score (nSPS) is 12.2. The zero-order chi connectivity index (χ0) is 20.3. The second kappa shape index (κ2) is 8.35. The van der Waals surface area contributed by atoms with Gasteiger partial charge in [0, 0.05) is 29.8 Å². The number of amides is 2. The zero-order valence-corrected chi connectivity index (χ0v) is 16.1. The van der Waals surface area contributed by atoms with Crippen molar-refractivity contribution >= 4 is 46.4 Å². The SMILES string of the molecule is CCCC(=O)Nc1cccc2c1C(=O)c1cccc(NC(=O)CCCl)c1C2=O. The van der Waals surface area contributed by atoms with E-state index in [1.807, 2.05) is 6.92 Å². The molecule has 0 aromatic heterocycles. The van der Waals surface area contributed by atoms with Crippen molar-refractivity contribution in [2.24, 2.45) is 0 Å². The second-order valence-corrected chi connectivity index (χ2v) is 6.78. The number of carbonyl (C=O) groups is 4. The molecular formula is C21H19ClN2O4. The Kier molecular flexibility index (Phi) is 5.90. The summed E-state index contributed by atoms with van der Waals surface area (Å²) in [5.74, 6) is -1.15. The smallest absolute Gasteiger partial charge is 0.225 e. The summed E-state index contributed by atoms with van der Waals surface area (Å²) < 4.78 is 0. The van der Waals surface area contributed by atoms with Gasteiger partial charge in [0.25, 0.3) is 0 Å². The molecule has 2 N–H and O–H groups in total. The third kappa shape index (κ3) is 3.68. The van der Waals surface area contributed by atoms with Crippen LogP contribution in [0.3, 0.4) is 0 Å². The summed E-state index contributed by atoms with van der Waals surface area (Å²) in [5.41, 5.74) is 1.31. The van der Waals surface area contributed by atoms with E-state index in [0.717, 1.165) is 0 Å². The van der Waals surface area contributed by atoms with Crippen LogP contribution in [-0.4, -0.2) is 29.3 Å². The lowest BCUT2D eigenvalue weighted by atomic mass is 9.82. The molecule has 0 bridgehead atoms. The summed E-state index contributed by atoms with van der Waals surface area (Å²) in [6.07, 6.45) is 1.08. The first-order valence-electron chi connectivity index (χ1n) is 8.99. The van der Waals surface area contributed by atoms with Crippen LogP contribution in [-0.2, 0) is 9.59 Å². The molecule has 28 heavy (non-hydrogen) atoms. The molecule has 1 aliphatic rings. The number of ketones is 2. The monoisotopic (exact) mass is 398 g/mol. The predicted octanol–water partition coefficient (Wildman–Crippen LogP) is 3.77. The maximum Gasteiger partial charge on any atom is 0.225 e. The minimum Gasteiger partial charge on any atom is -0.325 e. The summed E-state index contributed by atoms with van der Waals surface area (Å²) >= 11 is 5.59. The summed E-state index contributed by atoms with van der Waals surface area (Å²) in [5, 5.41) is 5.37. The van der Waals surface area contributed by atoms with E-state index >= 15 is 0 Å². The Morgan fingerprint density at radius 1 is 0.821 bits per heavy atom. The summed E-state index contributed by atoms with van der Waals surface area (Å²) in [7, 11) is 0. The van der Waals surface area contributed by atoms with Crippen LogP contribution < -0.4 is 10.6 Å². The van der Waals surface area contributed by atoms with Crippen molar-refractivity contribution in [3.63, 3.8) is 0 Å². The van der Waals surface area contributed by atoms with E-state index in [2.05, 4.69) is 10.6 Å². The van der Waals surface area contributed by atoms with Gasteiger partial charge in [-0.25, -0.2) is 0 Å². The number of carbonyl (C=O) groups excluding carboxylic acids is 4. The molecule has 1 aliphatic carbocycles. The van der Waals surface area contributed by atoms with Crippen molar-refractivity contribution in [1.82, 2.24) is 0 Å². The van der Waals surface area contributed by atoms with E-state index < -0.39 is 0 Å². The molecule has 2 aromatic rings. The number of alkyl halides is 1. The highest BCUT2D eigenvalue weighted by Crippen LogP contribution is 2.35. The Morgan fingerprint density at radius 2 is 1.29 bits per heavy atom. The van der Waals surface area contributed by atoms with Gasteiger partial charge < -0.3 is 10.6 Å². The second-order valence-electron chi connectivity index (χ2n) is 6.40. The number of fused-ring (bicyclic) bond motifs is 2. The van der Waals surface area contributed by atoms with Crippen molar-refractivity contribution < 1.29 is 19.2 Å². The molecule has 0 aliphatic heterocycles. The Labute approximate surface area is 167 Å². The van der Waals surface area contributed by atoms with Crippen molar-refractivity contribution in [2.45, 2.75) is 26.2 Å². The number of rotatable bonds is 6. The third-order valence-corrected chi connectivity index (χ3v) is 4.61. The summed E-state index contributed by atoms with van der Waals surface area (Å²) in [4.78, 5) is 50.2. The molecule has 0 saturated heterocycles. The highest BCUT2D eigenvalue weighted by Gasteiger charge is 2.34. The van der Waals surface area contributed by atoms with Gasteiger partial charge in [-0.2, -0.15) is 0 Å². The van der Waals surface area contributed by atoms with E-state index in [-0.39, 0.29) is 63.6 Å². The van der Waals surface area contributed by atoms with Crippen LogP contribution in [0.4, 0.5) is 11.4 Å². The lowest BCUT2D eigenvalue weighted by Crippen LogP contribution is -2.26. The van der Waals surface area contributed by atoms with Gasteiger partial charge in [0.1, 0.15) is 0 Å². The third-order valence-electron chi connectivity index (χ3n) is 4.42. The van der Waals surface area contributed by atoms with Crippen LogP contribution in [0.25, 0.3) is 0 Å². The Balaban J connectivity index is 2.06. The molecule has 0 atom stereocenters. The molecule has 2 amide bonds. The van der Waals surface area contributed by atoms with Crippen molar-refractivity contribution in [3.8, 4) is 0 Å². The fraction of sp³-hybridized carbons (Fsp3) is 0.238. The van der Waals surface area contributed by atoms with Crippen LogP contribution in [0.15, 0.2) is 36.4 Å². The lowest BCUT2D eigenvalue weighted by molar-refractivity contribution is -0.116. The van der Waals surface area contributed by atoms with E-state index in [0.29, 0.717) is 18.5 Å². The molecule has 0 spiro atoms. The van der Waals surface area contributed by atoms with Gasteiger partial charge in [-0.1, -0.05) is 31.2 Å². The fourth-order valence-corrected chi connectivity index (χ4v) is 3.36. The molecule has 0 unspecified atom stereocenters. The topological polar surface area (TPSA) is 92.3 Å². The quantitative estimate of drug-likeness (QED) is 0.618. The average molecular weight is 399 g/mol. The molecule has 7 heteroatoms. The Morgan fingerprint density at radius 3 is 1.71 bits per heavy atom. The first kappa shape index (κ1) is 19.8. The average Bonchev–Trinajstić information content (AvgIpc) is 2.66. The van der Waals surface area contributed by atoms with Crippen LogP contribution in [0.1, 0.15) is 58.0 Å². The standard InChI is InChI=1S/C21H19ClN2O4/c1-2-5-16(25)23-14-8-3-6-12-18(14)20(27)13-7-4-9-15(19(13)21(12)28)24-17(26)10-11-22/h3-4,6-9H,2,5,10-11H2,1H3,(H,23,25)(H,24,26). The number of hydrogen-bond donors (Lipinski definition) is 2. The van der Waals surface area contributed by atoms with Gasteiger partial charge in [0.2, 0.25) is 11.8 Å². The van der Waals surface area contributed by atoms with Crippen LogP contribution in [0, 0.1) is 0 Å². The molecule has 0 fully saturated rings.